The number of aromatic nitrogens is 1. The van der Waals surface area contributed by atoms with Crippen molar-refractivity contribution in [1.29, 1.82) is 0 Å². The van der Waals surface area contributed by atoms with Crippen molar-refractivity contribution in [3.05, 3.63) is 45.3 Å². The van der Waals surface area contributed by atoms with Crippen molar-refractivity contribution < 1.29 is 13.2 Å². The number of rotatable bonds is 4. The van der Waals surface area contributed by atoms with E-state index in [0.717, 1.165) is 5.39 Å². The average Bonchev–Trinajstić information content (AvgIpc) is 2.56. The molecule has 3 rings (SSSR count). The number of halogens is 1. The molecule has 25 heavy (non-hydrogen) atoms. The zero-order valence-electron chi connectivity index (χ0n) is 13.8. The van der Waals surface area contributed by atoms with Crippen LogP contribution in [0.25, 0.3) is 10.8 Å². The monoisotopic (exact) mass is 382 g/mol. The van der Waals surface area contributed by atoms with E-state index in [1.54, 1.807) is 24.4 Å². The summed E-state index contributed by atoms with van der Waals surface area (Å²) in [6.45, 7) is 0.742. The Labute approximate surface area is 150 Å². The highest BCUT2D eigenvalue weighted by Gasteiger charge is 2.29. The fourth-order valence-corrected chi connectivity index (χ4v) is 4.34. The van der Waals surface area contributed by atoms with Crippen LogP contribution in [-0.2, 0) is 21.2 Å². The minimum atomic E-state index is -3.20. The summed E-state index contributed by atoms with van der Waals surface area (Å²) in [5.41, 5.74) is 0.473. The number of benzene rings is 1. The molecule has 0 aliphatic carbocycles. The summed E-state index contributed by atoms with van der Waals surface area (Å²) in [6, 6.07) is 5.13. The number of aromatic amines is 1. The molecule has 1 aliphatic heterocycles. The Morgan fingerprint density at radius 3 is 2.64 bits per heavy atom. The molecule has 1 aliphatic rings. The smallest absolute Gasteiger partial charge is 0.255 e. The first-order valence-electron chi connectivity index (χ1n) is 8.03. The van der Waals surface area contributed by atoms with E-state index in [-0.39, 0.29) is 23.7 Å². The fraction of sp³-hybridized carbons (Fsp3) is 0.412. The zero-order valence-corrected chi connectivity index (χ0v) is 15.4. The van der Waals surface area contributed by atoms with E-state index in [4.69, 9.17) is 11.6 Å². The predicted molar refractivity (Wildman–Crippen MR) is 97.4 cm³/mol. The maximum Gasteiger partial charge on any atom is 0.255 e. The van der Waals surface area contributed by atoms with Crippen LogP contribution in [0.4, 0.5) is 0 Å². The molecule has 0 atom stereocenters. The SMILES string of the molecule is CS(=O)(=O)N1CCC(C(=O)Cc2cc3cc[nH]c(=O)c3cc2Cl)CC1. The lowest BCUT2D eigenvalue weighted by molar-refractivity contribution is -0.123. The number of hydrogen-bond acceptors (Lipinski definition) is 4. The Hall–Kier alpha value is -1.70. The van der Waals surface area contributed by atoms with Gasteiger partial charge in [0.05, 0.1) is 6.26 Å². The first-order chi connectivity index (χ1) is 11.8. The number of Topliss-reactive ketones (excluding diaryl/α,β-unsaturated/α-hetero) is 1. The van der Waals surface area contributed by atoms with E-state index in [2.05, 4.69) is 4.98 Å². The van der Waals surface area contributed by atoms with Crippen LogP contribution in [0.5, 0.6) is 0 Å². The number of fused-ring (bicyclic) bond motifs is 1. The normalized spacial score (nSPS) is 17.0. The number of carbonyl (C=O) groups is 1. The Kier molecular flexibility index (Phi) is 4.99. The van der Waals surface area contributed by atoms with Crippen molar-refractivity contribution in [1.82, 2.24) is 9.29 Å². The summed E-state index contributed by atoms with van der Waals surface area (Å²) in [4.78, 5) is 27.0. The number of sulfonamides is 1. The number of piperidine rings is 1. The van der Waals surface area contributed by atoms with Crippen LogP contribution in [0.1, 0.15) is 18.4 Å². The van der Waals surface area contributed by atoms with Gasteiger partial charge in [0.15, 0.2) is 0 Å². The van der Waals surface area contributed by atoms with Crippen molar-refractivity contribution in [3.63, 3.8) is 0 Å². The lowest BCUT2D eigenvalue weighted by Gasteiger charge is -2.29. The van der Waals surface area contributed by atoms with Crippen molar-refractivity contribution >= 4 is 38.2 Å². The summed E-state index contributed by atoms with van der Waals surface area (Å²) in [6.07, 6.45) is 3.98. The third-order valence-electron chi connectivity index (χ3n) is 4.68. The zero-order chi connectivity index (χ0) is 18.2. The number of nitrogens with one attached hydrogen (secondary N) is 1. The van der Waals surface area contributed by atoms with Gasteiger partial charge in [-0.3, -0.25) is 9.59 Å². The van der Waals surface area contributed by atoms with E-state index < -0.39 is 10.0 Å². The molecule has 0 unspecified atom stereocenters. The number of nitrogens with zero attached hydrogens (tertiary/aromatic N) is 1. The van der Waals surface area contributed by atoms with Gasteiger partial charge < -0.3 is 4.98 Å². The number of H-pyrrole nitrogens is 1. The molecule has 6 nitrogen and oxygen atoms in total. The second-order valence-corrected chi connectivity index (χ2v) is 8.81. The largest absolute Gasteiger partial charge is 0.329 e. The van der Waals surface area contributed by atoms with Gasteiger partial charge in [0.2, 0.25) is 10.0 Å². The van der Waals surface area contributed by atoms with Crippen molar-refractivity contribution in [2.75, 3.05) is 19.3 Å². The van der Waals surface area contributed by atoms with Gasteiger partial charge in [-0.05, 0) is 42.0 Å². The first-order valence-corrected chi connectivity index (χ1v) is 10.3. The molecule has 1 saturated heterocycles. The molecule has 2 heterocycles. The molecular formula is C17H19ClN2O4S. The van der Waals surface area contributed by atoms with Crippen LogP contribution in [-0.4, -0.2) is 42.8 Å². The van der Waals surface area contributed by atoms with Gasteiger partial charge in [-0.15, -0.1) is 0 Å². The molecule has 0 bridgehead atoms. The Morgan fingerprint density at radius 1 is 1.32 bits per heavy atom. The van der Waals surface area contributed by atoms with Crippen LogP contribution in [0.2, 0.25) is 5.02 Å². The van der Waals surface area contributed by atoms with Crippen LogP contribution in [0.3, 0.4) is 0 Å². The fourth-order valence-electron chi connectivity index (χ4n) is 3.23. The highest BCUT2D eigenvalue weighted by atomic mass is 35.5. The topological polar surface area (TPSA) is 87.3 Å². The molecule has 0 amide bonds. The first kappa shape index (κ1) is 18.1. The molecule has 0 radical (unpaired) electrons. The second kappa shape index (κ2) is 6.90. The average molecular weight is 383 g/mol. The Morgan fingerprint density at radius 2 is 2.00 bits per heavy atom. The molecule has 1 aromatic carbocycles. The number of pyridine rings is 1. The highest BCUT2D eigenvalue weighted by molar-refractivity contribution is 7.88. The standard InChI is InChI=1S/C17H19ClN2O4S/c1-25(23,24)20-6-3-11(4-7-20)16(21)9-13-8-12-2-5-19-17(22)14(12)10-15(13)18/h2,5,8,10-11H,3-4,6-7,9H2,1H3,(H,19,22). The van der Waals surface area contributed by atoms with Crippen molar-refractivity contribution in [2.45, 2.75) is 19.3 Å². The Bertz CT molecular complexity index is 976. The maximum absolute atomic E-state index is 12.6. The highest BCUT2D eigenvalue weighted by Crippen LogP contribution is 2.26. The quantitative estimate of drug-likeness (QED) is 0.875. The van der Waals surface area contributed by atoms with Crippen LogP contribution < -0.4 is 5.56 Å². The van der Waals surface area contributed by atoms with Crippen LogP contribution >= 0.6 is 11.6 Å². The summed E-state index contributed by atoms with van der Waals surface area (Å²) in [5.74, 6) is -0.108. The molecule has 1 aromatic heterocycles. The third kappa shape index (κ3) is 3.94. The van der Waals surface area contributed by atoms with Crippen molar-refractivity contribution in [2.24, 2.45) is 5.92 Å². The molecule has 0 saturated carbocycles. The summed E-state index contributed by atoms with van der Waals surface area (Å²) < 4.78 is 24.5. The number of hydrogen-bond donors (Lipinski definition) is 1. The van der Waals surface area contributed by atoms with E-state index in [1.165, 1.54) is 10.6 Å². The number of carbonyl (C=O) groups excluding carboxylic acids is 1. The molecule has 1 N–H and O–H groups in total. The minimum Gasteiger partial charge on any atom is -0.329 e. The van der Waals surface area contributed by atoms with Gasteiger partial charge in [-0.2, -0.15) is 0 Å². The van der Waals surface area contributed by atoms with E-state index in [9.17, 15) is 18.0 Å². The van der Waals surface area contributed by atoms with Gasteiger partial charge in [0.25, 0.3) is 5.56 Å². The molecule has 1 fully saturated rings. The summed E-state index contributed by atoms with van der Waals surface area (Å²) in [7, 11) is -3.20. The van der Waals surface area contributed by atoms with Gasteiger partial charge in [-0.1, -0.05) is 11.6 Å². The third-order valence-corrected chi connectivity index (χ3v) is 6.34. The van der Waals surface area contributed by atoms with Gasteiger partial charge in [0, 0.05) is 42.0 Å². The van der Waals surface area contributed by atoms with E-state index in [0.29, 0.717) is 41.9 Å². The molecule has 2 aromatic rings. The maximum atomic E-state index is 12.6. The summed E-state index contributed by atoms with van der Waals surface area (Å²) >= 11 is 6.25. The predicted octanol–water partition coefficient (Wildman–Crippen LogP) is 1.96. The molecule has 8 heteroatoms. The van der Waals surface area contributed by atoms with Crippen molar-refractivity contribution in [3.8, 4) is 0 Å². The van der Waals surface area contributed by atoms with Crippen LogP contribution in [0.15, 0.2) is 29.2 Å². The second-order valence-electron chi connectivity index (χ2n) is 6.42. The van der Waals surface area contributed by atoms with Gasteiger partial charge >= 0.3 is 0 Å². The lowest BCUT2D eigenvalue weighted by atomic mass is 9.89. The minimum absolute atomic E-state index is 0.0549. The van der Waals surface area contributed by atoms with Gasteiger partial charge in [-0.25, -0.2) is 12.7 Å². The van der Waals surface area contributed by atoms with E-state index in [1.807, 2.05) is 0 Å². The van der Waals surface area contributed by atoms with Crippen LogP contribution in [0, 0.1) is 5.92 Å². The summed E-state index contributed by atoms with van der Waals surface area (Å²) in [5, 5.41) is 1.62. The lowest BCUT2D eigenvalue weighted by Crippen LogP contribution is -2.39. The van der Waals surface area contributed by atoms with E-state index >= 15 is 0 Å². The molecular weight excluding hydrogens is 364 g/mol. The Balaban J connectivity index is 1.75. The van der Waals surface area contributed by atoms with Gasteiger partial charge in [0.1, 0.15) is 5.78 Å². The molecule has 0 spiro atoms. The molecule has 134 valence electrons. The number of ketones is 1.